The van der Waals surface area contributed by atoms with E-state index in [-0.39, 0.29) is 17.9 Å². The molecule has 1 aliphatic heterocycles. The van der Waals surface area contributed by atoms with Crippen molar-refractivity contribution in [2.24, 2.45) is 0 Å². The minimum absolute atomic E-state index is 0.0377. The van der Waals surface area contributed by atoms with Crippen LogP contribution >= 0.6 is 11.6 Å². The lowest BCUT2D eigenvalue weighted by Gasteiger charge is -2.25. The number of hydrogen-bond acceptors (Lipinski definition) is 4. The average Bonchev–Trinajstić information content (AvgIpc) is 3.11. The van der Waals surface area contributed by atoms with E-state index in [1.807, 2.05) is 50.2 Å². The first kappa shape index (κ1) is 19.3. The van der Waals surface area contributed by atoms with E-state index < -0.39 is 0 Å². The number of methoxy groups -OCH3 is 1. The van der Waals surface area contributed by atoms with Crippen LogP contribution in [0, 0.1) is 0 Å². The Morgan fingerprint density at radius 3 is 2.72 bits per heavy atom. The molecule has 0 saturated heterocycles. The number of fused-ring (bicyclic) bond motifs is 1. The second kappa shape index (κ2) is 7.79. The van der Waals surface area contributed by atoms with Gasteiger partial charge < -0.3 is 14.8 Å². The maximum Gasteiger partial charge on any atom is 0.226 e. The topological polar surface area (TPSA) is 65.4 Å². The van der Waals surface area contributed by atoms with Gasteiger partial charge in [0.25, 0.3) is 0 Å². The summed E-state index contributed by atoms with van der Waals surface area (Å²) in [5.74, 6) is 1.75. The molecular formula is C22H22ClN3O3. The molecule has 6 nitrogen and oxygen atoms in total. The largest absolute Gasteiger partial charge is 0.493 e. The number of benzene rings is 2. The molecule has 4 rings (SSSR count). The van der Waals surface area contributed by atoms with Crippen LogP contribution in [0.25, 0.3) is 5.69 Å². The number of nitrogens with one attached hydrogen (secondary N) is 1. The quantitative estimate of drug-likeness (QED) is 0.655. The van der Waals surface area contributed by atoms with Crippen molar-refractivity contribution in [3.05, 3.63) is 64.8 Å². The summed E-state index contributed by atoms with van der Waals surface area (Å²) in [6.07, 6.45) is 2.15. The van der Waals surface area contributed by atoms with Gasteiger partial charge in [0.05, 0.1) is 30.1 Å². The summed E-state index contributed by atoms with van der Waals surface area (Å²) in [6, 6.07) is 13.2. The van der Waals surface area contributed by atoms with E-state index in [1.165, 1.54) is 0 Å². The normalized spacial score (nSPS) is 15.8. The van der Waals surface area contributed by atoms with Crippen LogP contribution in [0.15, 0.2) is 48.7 Å². The molecule has 1 aliphatic rings. The lowest BCUT2D eigenvalue weighted by Crippen LogP contribution is -2.24. The standard InChI is InChI=1S/C22H22ClN3O3/c1-13(2)29-19-9-8-14(10-20(19)28-3)15-11-21(27)25-22-16(15)12-24-26(22)18-7-5-4-6-17(18)23/h4-10,12-13,15H,11H2,1-3H3,(H,25,27). The maximum absolute atomic E-state index is 12.5. The molecule has 0 saturated carbocycles. The van der Waals surface area contributed by atoms with Gasteiger partial charge in [0, 0.05) is 17.9 Å². The maximum atomic E-state index is 12.5. The first-order chi connectivity index (χ1) is 14.0. The van der Waals surface area contributed by atoms with E-state index in [0.717, 1.165) is 16.8 Å². The Hall–Kier alpha value is -2.99. The van der Waals surface area contributed by atoms with Crippen LogP contribution in [0.5, 0.6) is 11.5 Å². The summed E-state index contributed by atoms with van der Waals surface area (Å²) in [4.78, 5) is 12.5. The van der Waals surface area contributed by atoms with Gasteiger partial charge in [-0.3, -0.25) is 4.79 Å². The number of ether oxygens (including phenoxy) is 2. The number of rotatable bonds is 5. The average molecular weight is 412 g/mol. The lowest BCUT2D eigenvalue weighted by atomic mass is 9.87. The SMILES string of the molecule is COc1cc(C2CC(=O)Nc3c2cnn3-c2ccccc2Cl)ccc1OC(C)C. The molecule has 150 valence electrons. The van der Waals surface area contributed by atoms with E-state index in [0.29, 0.717) is 28.8 Å². The smallest absolute Gasteiger partial charge is 0.226 e. The zero-order valence-electron chi connectivity index (χ0n) is 16.5. The van der Waals surface area contributed by atoms with Gasteiger partial charge in [0.1, 0.15) is 5.82 Å². The third-order valence-corrected chi connectivity index (χ3v) is 5.17. The molecule has 1 unspecified atom stereocenters. The van der Waals surface area contributed by atoms with Crippen molar-refractivity contribution in [3.8, 4) is 17.2 Å². The molecule has 1 amide bonds. The summed E-state index contributed by atoms with van der Waals surface area (Å²) >= 11 is 6.34. The number of halogens is 1. The van der Waals surface area contributed by atoms with Crippen molar-refractivity contribution in [1.82, 2.24) is 9.78 Å². The number of aromatic nitrogens is 2. The van der Waals surface area contributed by atoms with Gasteiger partial charge in [-0.15, -0.1) is 0 Å². The number of carbonyl (C=O) groups is 1. The number of carbonyl (C=O) groups excluding carboxylic acids is 1. The Bertz CT molecular complexity index is 1060. The Kier molecular flexibility index (Phi) is 5.20. The molecule has 2 aromatic carbocycles. The first-order valence-corrected chi connectivity index (χ1v) is 9.83. The molecule has 1 aromatic heterocycles. The summed E-state index contributed by atoms with van der Waals surface area (Å²) in [5.41, 5.74) is 2.62. The fourth-order valence-corrected chi connectivity index (χ4v) is 3.79. The van der Waals surface area contributed by atoms with Gasteiger partial charge in [-0.1, -0.05) is 29.8 Å². The van der Waals surface area contributed by atoms with Crippen molar-refractivity contribution in [1.29, 1.82) is 0 Å². The summed E-state index contributed by atoms with van der Waals surface area (Å²) in [7, 11) is 1.61. The second-order valence-corrected chi connectivity index (χ2v) is 7.60. The monoisotopic (exact) mass is 411 g/mol. The van der Waals surface area contributed by atoms with Crippen LogP contribution in [0.1, 0.15) is 37.3 Å². The molecule has 1 atom stereocenters. The highest BCUT2D eigenvalue weighted by Gasteiger charge is 2.31. The Morgan fingerprint density at radius 2 is 2.00 bits per heavy atom. The van der Waals surface area contributed by atoms with Crippen LogP contribution in [0.3, 0.4) is 0 Å². The zero-order valence-corrected chi connectivity index (χ0v) is 17.2. The number of hydrogen-bond donors (Lipinski definition) is 1. The molecule has 0 aliphatic carbocycles. The third-order valence-electron chi connectivity index (χ3n) is 4.85. The van der Waals surface area contributed by atoms with Crippen LogP contribution in [-0.4, -0.2) is 28.9 Å². The van der Waals surface area contributed by atoms with E-state index in [4.69, 9.17) is 21.1 Å². The fourth-order valence-electron chi connectivity index (χ4n) is 3.58. The van der Waals surface area contributed by atoms with Gasteiger partial charge in [-0.25, -0.2) is 4.68 Å². The third kappa shape index (κ3) is 3.68. The van der Waals surface area contributed by atoms with Gasteiger partial charge in [-0.2, -0.15) is 5.10 Å². The lowest BCUT2D eigenvalue weighted by molar-refractivity contribution is -0.116. The zero-order chi connectivity index (χ0) is 20.5. The summed E-state index contributed by atoms with van der Waals surface area (Å²) in [5, 5.41) is 8.01. The highest BCUT2D eigenvalue weighted by atomic mass is 35.5. The molecule has 0 bridgehead atoms. The Morgan fingerprint density at radius 1 is 1.21 bits per heavy atom. The fraction of sp³-hybridized carbons (Fsp3) is 0.273. The molecule has 0 spiro atoms. The van der Waals surface area contributed by atoms with Crippen molar-refractivity contribution >= 4 is 23.3 Å². The molecular weight excluding hydrogens is 390 g/mol. The predicted molar refractivity (Wildman–Crippen MR) is 112 cm³/mol. The minimum atomic E-state index is -0.142. The molecule has 2 heterocycles. The summed E-state index contributed by atoms with van der Waals surface area (Å²) in [6.45, 7) is 3.93. The minimum Gasteiger partial charge on any atom is -0.493 e. The molecule has 1 N–H and O–H groups in total. The van der Waals surface area contributed by atoms with Crippen molar-refractivity contribution in [3.63, 3.8) is 0 Å². The number of para-hydroxylation sites is 1. The number of anilines is 1. The highest BCUT2D eigenvalue weighted by Crippen LogP contribution is 2.41. The first-order valence-electron chi connectivity index (χ1n) is 9.45. The van der Waals surface area contributed by atoms with Gasteiger partial charge >= 0.3 is 0 Å². The predicted octanol–water partition coefficient (Wildman–Crippen LogP) is 4.80. The van der Waals surface area contributed by atoms with Crippen LogP contribution < -0.4 is 14.8 Å². The van der Waals surface area contributed by atoms with Crippen molar-refractivity contribution in [2.45, 2.75) is 32.3 Å². The van der Waals surface area contributed by atoms with Crippen molar-refractivity contribution in [2.75, 3.05) is 12.4 Å². The van der Waals surface area contributed by atoms with E-state index in [1.54, 1.807) is 24.1 Å². The Labute approximate surface area is 174 Å². The summed E-state index contributed by atoms with van der Waals surface area (Å²) < 4.78 is 13.0. The van der Waals surface area contributed by atoms with Gasteiger partial charge in [-0.05, 0) is 43.7 Å². The molecule has 0 radical (unpaired) electrons. The van der Waals surface area contributed by atoms with Crippen LogP contribution in [0.4, 0.5) is 5.82 Å². The molecule has 29 heavy (non-hydrogen) atoms. The highest BCUT2D eigenvalue weighted by molar-refractivity contribution is 6.32. The van der Waals surface area contributed by atoms with Gasteiger partial charge in [0.2, 0.25) is 5.91 Å². The van der Waals surface area contributed by atoms with E-state index in [2.05, 4.69) is 10.4 Å². The van der Waals surface area contributed by atoms with Gasteiger partial charge in [0.15, 0.2) is 11.5 Å². The molecule has 0 fully saturated rings. The van der Waals surface area contributed by atoms with Crippen molar-refractivity contribution < 1.29 is 14.3 Å². The second-order valence-electron chi connectivity index (χ2n) is 7.19. The Balaban J connectivity index is 1.77. The number of amides is 1. The van der Waals surface area contributed by atoms with Crippen LogP contribution in [0.2, 0.25) is 5.02 Å². The number of nitrogens with zero attached hydrogens (tertiary/aromatic N) is 2. The molecule has 7 heteroatoms. The van der Waals surface area contributed by atoms with E-state index >= 15 is 0 Å². The van der Waals surface area contributed by atoms with Crippen LogP contribution in [-0.2, 0) is 4.79 Å². The van der Waals surface area contributed by atoms with E-state index in [9.17, 15) is 4.79 Å². The molecule has 3 aromatic rings.